The first-order valence-electron chi connectivity index (χ1n) is 4.88. The summed E-state index contributed by atoms with van der Waals surface area (Å²) in [5, 5.41) is 2.50. The molecule has 1 aliphatic carbocycles. The smallest absolute Gasteiger partial charge is 0.356 e. The van der Waals surface area contributed by atoms with Crippen molar-refractivity contribution in [3.05, 3.63) is 22.5 Å². The van der Waals surface area contributed by atoms with Crippen molar-refractivity contribution in [1.29, 1.82) is 0 Å². The molecular formula is C10H13Cl2N3O2. The van der Waals surface area contributed by atoms with Crippen LogP contribution in [0.3, 0.4) is 0 Å². The Kier molecular flexibility index (Phi) is 4.84. The van der Waals surface area contributed by atoms with Crippen LogP contribution in [0.5, 0.6) is 0 Å². The van der Waals surface area contributed by atoms with Gasteiger partial charge >= 0.3 is 5.97 Å². The van der Waals surface area contributed by atoms with Crippen LogP contribution in [-0.2, 0) is 9.53 Å². The number of carbonyl (C=O) groups excluding carboxylic acids is 1. The predicted molar refractivity (Wildman–Crippen MR) is 67.7 cm³/mol. The van der Waals surface area contributed by atoms with E-state index < -0.39 is 5.97 Å². The fourth-order valence-electron chi connectivity index (χ4n) is 1.02. The Balaban J connectivity index is 2.98. The molecule has 1 aliphatic rings. The zero-order valence-corrected chi connectivity index (χ0v) is 10.8. The van der Waals surface area contributed by atoms with E-state index in [1.165, 1.54) is 7.11 Å². The summed E-state index contributed by atoms with van der Waals surface area (Å²) in [4.78, 5) is 15.6. The number of nitrogens with zero attached hydrogens (tertiary/aromatic N) is 1. The van der Waals surface area contributed by atoms with Crippen molar-refractivity contribution in [2.45, 2.75) is 18.9 Å². The molecule has 0 atom stereocenters. The SMILES string of the molecule is C=C(Cl)NC(C(=O)OC)=C(Cl)C(N)=NC1CC1. The first-order valence-corrected chi connectivity index (χ1v) is 5.64. The Labute approximate surface area is 109 Å². The normalized spacial score (nSPS) is 17.2. The van der Waals surface area contributed by atoms with Crippen molar-refractivity contribution in [2.24, 2.45) is 10.7 Å². The first-order chi connectivity index (χ1) is 7.95. The number of esters is 1. The zero-order valence-electron chi connectivity index (χ0n) is 9.30. The van der Waals surface area contributed by atoms with E-state index in [2.05, 4.69) is 21.6 Å². The third-order valence-corrected chi connectivity index (χ3v) is 2.44. The van der Waals surface area contributed by atoms with Gasteiger partial charge in [-0.05, 0) is 12.8 Å². The lowest BCUT2D eigenvalue weighted by Gasteiger charge is -2.09. The molecule has 0 saturated heterocycles. The molecule has 7 heteroatoms. The van der Waals surface area contributed by atoms with Gasteiger partial charge in [-0.15, -0.1) is 0 Å². The second kappa shape index (κ2) is 5.93. The molecule has 0 aromatic heterocycles. The van der Waals surface area contributed by atoms with Crippen LogP contribution in [0.1, 0.15) is 12.8 Å². The number of hydrogen-bond donors (Lipinski definition) is 2. The molecule has 0 unspecified atom stereocenters. The number of nitrogens with two attached hydrogens (primary N) is 1. The predicted octanol–water partition coefficient (Wildman–Crippen LogP) is 1.43. The number of carbonyl (C=O) groups is 1. The molecule has 0 aliphatic heterocycles. The van der Waals surface area contributed by atoms with E-state index in [0.717, 1.165) is 12.8 Å². The van der Waals surface area contributed by atoms with Gasteiger partial charge in [0.15, 0.2) is 0 Å². The van der Waals surface area contributed by atoms with Gasteiger partial charge in [0.05, 0.1) is 18.3 Å². The molecule has 0 amide bonds. The quantitative estimate of drug-likeness (QED) is 0.262. The third-order valence-electron chi connectivity index (χ3n) is 1.96. The largest absolute Gasteiger partial charge is 0.464 e. The molecule has 1 saturated carbocycles. The van der Waals surface area contributed by atoms with E-state index in [0.29, 0.717) is 0 Å². The second-order valence-electron chi connectivity index (χ2n) is 3.46. The lowest BCUT2D eigenvalue weighted by atomic mass is 10.3. The number of aliphatic imine (C=N–C) groups is 1. The van der Waals surface area contributed by atoms with Crippen molar-refractivity contribution in [1.82, 2.24) is 5.32 Å². The summed E-state index contributed by atoms with van der Waals surface area (Å²) >= 11 is 11.5. The number of rotatable bonds is 5. The fourth-order valence-corrected chi connectivity index (χ4v) is 1.29. The topological polar surface area (TPSA) is 76.7 Å². The van der Waals surface area contributed by atoms with E-state index in [4.69, 9.17) is 28.9 Å². The Hall–Kier alpha value is -1.20. The van der Waals surface area contributed by atoms with Gasteiger partial charge in [-0.2, -0.15) is 0 Å². The molecule has 0 radical (unpaired) electrons. The number of ether oxygens (including phenoxy) is 1. The summed E-state index contributed by atoms with van der Waals surface area (Å²) in [5.74, 6) is -0.606. The maximum absolute atomic E-state index is 11.5. The zero-order chi connectivity index (χ0) is 13.0. The van der Waals surface area contributed by atoms with Gasteiger partial charge in [0.2, 0.25) is 0 Å². The average Bonchev–Trinajstić information content (AvgIpc) is 3.07. The maximum Gasteiger partial charge on any atom is 0.356 e. The van der Waals surface area contributed by atoms with Gasteiger partial charge in [-0.25, -0.2) is 4.79 Å². The van der Waals surface area contributed by atoms with E-state index in [1.807, 2.05) is 0 Å². The van der Waals surface area contributed by atoms with Crippen LogP contribution < -0.4 is 11.1 Å². The molecule has 0 heterocycles. The number of nitrogens with one attached hydrogen (secondary N) is 1. The van der Waals surface area contributed by atoms with Crippen LogP contribution in [-0.4, -0.2) is 25.0 Å². The van der Waals surface area contributed by atoms with Gasteiger partial charge in [0.1, 0.15) is 16.6 Å². The Morgan fingerprint density at radius 1 is 1.53 bits per heavy atom. The van der Waals surface area contributed by atoms with Crippen LogP contribution in [0.15, 0.2) is 27.5 Å². The average molecular weight is 278 g/mol. The summed E-state index contributed by atoms with van der Waals surface area (Å²) in [6.45, 7) is 3.40. The lowest BCUT2D eigenvalue weighted by molar-refractivity contribution is -0.136. The minimum absolute atomic E-state index is 0.0226. The van der Waals surface area contributed by atoms with Crippen LogP contribution in [0.4, 0.5) is 0 Å². The van der Waals surface area contributed by atoms with Crippen LogP contribution in [0.25, 0.3) is 0 Å². The highest BCUT2D eigenvalue weighted by Gasteiger charge is 2.23. The van der Waals surface area contributed by atoms with E-state index in [-0.39, 0.29) is 27.8 Å². The van der Waals surface area contributed by atoms with Crippen molar-refractivity contribution in [3.63, 3.8) is 0 Å². The molecule has 0 spiro atoms. The number of halogens is 2. The summed E-state index contributed by atoms with van der Waals surface area (Å²) in [6, 6.07) is 0.196. The Bertz CT molecular complexity index is 400. The van der Waals surface area contributed by atoms with Crippen molar-refractivity contribution in [2.75, 3.05) is 7.11 Å². The molecule has 0 aromatic carbocycles. The van der Waals surface area contributed by atoms with Gasteiger partial charge in [0.25, 0.3) is 0 Å². The van der Waals surface area contributed by atoms with Crippen LogP contribution >= 0.6 is 23.2 Å². The highest BCUT2D eigenvalue weighted by molar-refractivity contribution is 6.44. The van der Waals surface area contributed by atoms with E-state index in [9.17, 15) is 4.79 Å². The van der Waals surface area contributed by atoms with Crippen molar-refractivity contribution in [3.8, 4) is 0 Å². The second-order valence-corrected chi connectivity index (χ2v) is 4.29. The maximum atomic E-state index is 11.5. The highest BCUT2D eigenvalue weighted by atomic mass is 35.5. The molecule has 1 fully saturated rings. The molecule has 94 valence electrons. The Morgan fingerprint density at radius 2 is 2.12 bits per heavy atom. The third kappa shape index (κ3) is 4.28. The minimum atomic E-state index is -0.689. The summed E-state index contributed by atoms with van der Waals surface area (Å²) in [5.41, 5.74) is 5.59. The van der Waals surface area contributed by atoms with Crippen LogP contribution in [0.2, 0.25) is 0 Å². The minimum Gasteiger partial charge on any atom is -0.464 e. The molecule has 3 N–H and O–H groups in total. The van der Waals surface area contributed by atoms with Gasteiger partial charge in [0, 0.05) is 0 Å². The standard InChI is InChI=1S/C10H13Cl2N3O2/c1-5(11)14-8(10(16)17-2)7(12)9(13)15-6-3-4-6/h6,14H,1,3-4H2,2H3,(H2,13,15). The van der Waals surface area contributed by atoms with Crippen molar-refractivity contribution >= 4 is 35.0 Å². The number of hydrogen-bond acceptors (Lipinski definition) is 4. The van der Waals surface area contributed by atoms with E-state index in [1.54, 1.807) is 0 Å². The summed E-state index contributed by atoms with van der Waals surface area (Å²) < 4.78 is 4.55. The monoisotopic (exact) mass is 277 g/mol. The molecule has 0 aromatic rings. The van der Waals surface area contributed by atoms with Crippen molar-refractivity contribution < 1.29 is 9.53 Å². The summed E-state index contributed by atoms with van der Waals surface area (Å²) in [7, 11) is 1.22. The number of methoxy groups -OCH3 is 1. The van der Waals surface area contributed by atoms with Gasteiger partial charge < -0.3 is 15.8 Å². The van der Waals surface area contributed by atoms with Gasteiger partial charge in [-0.1, -0.05) is 29.8 Å². The molecule has 17 heavy (non-hydrogen) atoms. The fraction of sp³-hybridized carbons (Fsp3) is 0.400. The molecule has 0 bridgehead atoms. The lowest BCUT2D eigenvalue weighted by Crippen LogP contribution is -2.25. The highest BCUT2D eigenvalue weighted by Crippen LogP contribution is 2.24. The number of amidine groups is 1. The van der Waals surface area contributed by atoms with Crippen LogP contribution in [0, 0.1) is 0 Å². The summed E-state index contributed by atoms with van der Waals surface area (Å²) in [6.07, 6.45) is 1.96. The molecular weight excluding hydrogens is 265 g/mol. The van der Waals surface area contributed by atoms with Gasteiger partial charge in [-0.3, -0.25) is 4.99 Å². The molecule has 1 rings (SSSR count). The molecule has 5 nitrogen and oxygen atoms in total. The van der Waals surface area contributed by atoms with E-state index >= 15 is 0 Å². The Morgan fingerprint density at radius 3 is 2.53 bits per heavy atom. The first kappa shape index (κ1) is 13.9.